The van der Waals surface area contributed by atoms with E-state index in [9.17, 15) is 0 Å². The topological polar surface area (TPSA) is 12.0 Å². The third kappa shape index (κ3) is 5.80. The van der Waals surface area contributed by atoms with E-state index in [4.69, 9.17) is 11.6 Å². The first-order valence-electron chi connectivity index (χ1n) is 6.23. The minimum atomic E-state index is 0.577. The highest BCUT2D eigenvalue weighted by Gasteiger charge is 2.11. The Labute approximate surface area is 114 Å². The third-order valence-electron chi connectivity index (χ3n) is 2.81. The van der Waals surface area contributed by atoms with Gasteiger partial charge in [-0.25, -0.2) is 0 Å². The molecule has 96 valence electrons. The number of thioether (sulfide) groups is 1. The van der Waals surface area contributed by atoms with E-state index in [0.717, 1.165) is 18.1 Å². The van der Waals surface area contributed by atoms with Crippen molar-refractivity contribution < 1.29 is 0 Å². The second-order valence-electron chi connectivity index (χ2n) is 4.24. The lowest BCUT2D eigenvalue weighted by molar-refractivity contribution is 0.570. The zero-order chi connectivity index (χ0) is 12.5. The van der Waals surface area contributed by atoms with E-state index < -0.39 is 0 Å². The van der Waals surface area contributed by atoms with E-state index >= 15 is 0 Å². The third-order valence-corrected chi connectivity index (χ3v) is 3.69. The molecule has 1 rings (SSSR count). The second-order valence-corrected chi connectivity index (χ2v) is 5.66. The molecule has 1 unspecified atom stereocenters. The van der Waals surface area contributed by atoms with Crippen LogP contribution < -0.4 is 5.32 Å². The zero-order valence-electron chi connectivity index (χ0n) is 10.7. The SMILES string of the molecule is CCCNCC(CCSC)c1cccc(Cl)c1. The smallest absolute Gasteiger partial charge is 0.0408 e. The van der Waals surface area contributed by atoms with Crippen molar-refractivity contribution in [3.05, 3.63) is 34.9 Å². The van der Waals surface area contributed by atoms with E-state index in [1.165, 1.54) is 24.2 Å². The number of nitrogens with one attached hydrogen (secondary N) is 1. The second kappa shape index (κ2) is 8.84. The Bertz CT molecular complexity index is 317. The Hall–Kier alpha value is -0.180. The molecule has 0 aliphatic rings. The van der Waals surface area contributed by atoms with Crippen molar-refractivity contribution >= 4 is 23.4 Å². The van der Waals surface area contributed by atoms with Crippen molar-refractivity contribution in [3.8, 4) is 0 Å². The first kappa shape index (κ1) is 14.9. The van der Waals surface area contributed by atoms with Crippen molar-refractivity contribution in [3.63, 3.8) is 0 Å². The summed E-state index contributed by atoms with van der Waals surface area (Å²) in [5.41, 5.74) is 1.36. The predicted molar refractivity (Wildman–Crippen MR) is 80.4 cm³/mol. The van der Waals surface area contributed by atoms with E-state index in [1.54, 1.807) is 0 Å². The fourth-order valence-electron chi connectivity index (χ4n) is 1.86. The fourth-order valence-corrected chi connectivity index (χ4v) is 2.58. The first-order chi connectivity index (χ1) is 8.27. The lowest BCUT2D eigenvalue weighted by Crippen LogP contribution is -2.22. The predicted octanol–water partition coefficient (Wildman–Crippen LogP) is 4.18. The van der Waals surface area contributed by atoms with Gasteiger partial charge in [0.1, 0.15) is 0 Å². The molecule has 0 bridgehead atoms. The minimum Gasteiger partial charge on any atom is -0.316 e. The van der Waals surface area contributed by atoms with Crippen LogP contribution in [0.15, 0.2) is 24.3 Å². The molecule has 0 heterocycles. The molecule has 0 aliphatic heterocycles. The summed E-state index contributed by atoms with van der Waals surface area (Å²) in [7, 11) is 0. The molecule has 1 atom stereocenters. The Kier molecular flexibility index (Phi) is 7.74. The molecule has 1 nitrogen and oxygen atoms in total. The molecule has 0 saturated heterocycles. The molecular weight excluding hydrogens is 250 g/mol. The van der Waals surface area contributed by atoms with Crippen LogP contribution >= 0.6 is 23.4 Å². The molecule has 1 aromatic rings. The van der Waals surface area contributed by atoms with Gasteiger partial charge in [0.25, 0.3) is 0 Å². The Balaban J connectivity index is 2.60. The van der Waals surface area contributed by atoms with Crippen molar-refractivity contribution in [1.82, 2.24) is 5.32 Å². The summed E-state index contributed by atoms with van der Waals surface area (Å²) in [6.07, 6.45) is 4.55. The molecule has 1 aromatic carbocycles. The number of benzene rings is 1. The summed E-state index contributed by atoms with van der Waals surface area (Å²) in [5.74, 6) is 1.78. The highest BCUT2D eigenvalue weighted by molar-refractivity contribution is 7.98. The maximum atomic E-state index is 6.06. The average Bonchev–Trinajstić information content (AvgIpc) is 2.33. The number of rotatable bonds is 8. The standard InChI is InChI=1S/C14H22ClNS/c1-3-8-16-11-13(7-9-17-2)12-5-4-6-14(15)10-12/h4-6,10,13,16H,3,7-9,11H2,1-2H3. The van der Waals surface area contributed by atoms with Gasteiger partial charge in [0.15, 0.2) is 0 Å². The Morgan fingerprint density at radius 2 is 2.24 bits per heavy atom. The van der Waals surface area contributed by atoms with Gasteiger partial charge in [0, 0.05) is 11.6 Å². The molecule has 0 spiro atoms. The van der Waals surface area contributed by atoms with Crippen molar-refractivity contribution in [1.29, 1.82) is 0 Å². The van der Waals surface area contributed by atoms with Gasteiger partial charge < -0.3 is 5.32 Å². The Morgan fingerprint density at radius 3 is 2.88 bits per heavy atom. The number of hydrogen-bond donors (Lipinski definition) is 1. The van der Waals surface area contributed by atoms with Crippen LogP contribution in [0.1, 0.15) is 31.2 Å². The lowest BCUT2D eigenvalue weighted by Gasteiger charge is -2.18. The summed E-state index contributed by atoms with van der Waals surface area (Å²) in [6, 6.07) is 8.27. The van der Waals surface area contributed by atoms with Gasteiger partial charge in [0.2, 0.25) is 0 Å². The zero-order valence-corrected chi connectivity index (χ0v) is 12.3. The van der Waals surface area contributed by atoms with Crippen LogP contribution in [0.4, 0.5) is 0 Å². The summed E-state index contributed by atoms with van der Waals surface area (Å²) in [4.78, 5) is 0. The number of hydrogen-bond acceptors (Lipinski definition) is 2. The molecule has 17 heavy (non-hydrogen) atoms. The van der Waals surface area contributed by atoms with Gasteiger partial charge in [-0.1, -0.05) is 30.7 Å². The quantitative estimate of drug-likeness (QED) is 0.712. The van der Waals surface area contributed by atoms with Gasteiger partial charge in [-0.2, -0.15) is 11.8 Å². The number of halogens is 1. The van der Waals surface area contributed by atoms with E-state index in [-0.39, 0.29) is 0 Å². The molecule has 0 saturated carbocycles. The van der Waals surface area contributed by atoms with Crippen LogP contribution in [0.3, 0.4) is 0 Å². The first-order valence-corrected chi connectivity index (χ1v) is 8.00. The Morgan fingerprint density at radius 1 is 1.41 bits per heavy atom. The molecule has 0 fully saturated rings. The molecule has 0 radical (unpaired) electrons. The molecule has 0 aromatic heterocycles. The van der Waals surface area contributed by atoms with Gasteiger partial charge in [-0.3, -0.25) is 0 Å². The van der Waals surface area contributed by atoms with E-state index in [2.05, 4.69) is 30.6 Å². The summed E-state index contributed by atoms with van der Waals surface area (Å²) in [5, 5.41) is 4.35. The van der Waals surface area contributed by atoms with Crippen LogP contribution in [0.5, 0.6) is 0 Å². The van der Waals surface area contributed by atoms with Crippen LogP contribution in [0.25, 0.3) is 0 Å². The van der Waals surface area contributed by atoms with Crippen molar-refractivity contribution in [2.24, 2.45) is 0 Å². The van der Waals surface area contributed by atoms with E-state index in [0.29, 0.717) is 5.92 Å². The van der Waals surface area contributed by atoms with Crippen LogP contribution in [0.2, 0.25) is 5.02 Å². The summed E-state index contributed by atoms with van der Waals surface area (Å²) >= 11 is 7.97. The van der Waals surface area contributed by atoms with Crippen LogP contribution in [-0.2, 0) is 0 Å². The highest BCUT2D eigenvalue weighted by Crippen LogP contribution is 2.23. The fraction of sp³-hybridized carbons (Fsp3) is 0.571. The minimum absolute atomic E-state index is 0.577. The van der Waals surface area contributed by atoms with Crippen molar-refractivity contribution in [2.45, 2.75) is 25.7 Å². The molecule has 3 heteroatoms. The van der Waals surface area contributed by atoms with Gasteiger partial charge in [-0.05, 0) is 55.0 Å². The molecule has 0 aliphatic carbocycles. The van der Waals surface area contributed by atoms with Crippen molar-refractivity contribution in [2.75, 3.05) is 25.1 Å². The van der Waals surface area contributed by atoms with E-state index in [1.807, 2.05) is 23.9 Å². The lowest BCUT2D eigenvalue weighted by atomic mass is 9.96. The summed E-state index contributed by atoms with van der Waals surface area (Å²) < 4.78 is 0. The van der Waals surface area contributed by atoms with Crippen LogP contribution in [0, 0.1) is 0 Å². The van der Waals surface area contributed by atoms with Gasteiger partial charge in [0.05, 0.1) is 0 Å². The monoisotopic (exact) mass is 271 g/mol. The molecule has 1 N–H and O–H groups in total. The average molecular weight is 272 g/mol. The normalized spacial score (nSPS) is 12.6. The maximum absolute atomic E-state index is 6.06. The molecule has 0 amide bonds. The van der Waals surface area contributed by atoms with Crippen LogP contribution in [-0.4, -0.2) is 25.1 Å². The highest BCUT2D eigenvalue weighted by atomic mass is 35.5. The largest absolute Gasteiger partial charge is 0.316 e. The maximum Gasteiger partial charge on any atom is 0.0408 e. The van der Waals surface area contributed by atoms with Gasteiger partial charge in [-0.15, -0.1) is 0 Å². The molecular formula is C14H22ClNS. The van der Waals surface area contributed by atoms with Gasteiger partial charge >= 0.3 is 0 Å². The summed E-state index contributed by atoms with van der Waals surface area (Å²) in [6.45, 7) is 4.34.